The van der Waals surface area contributed by atoms with Gasteiger partial charge in [-0.25, -0.2) is 4.39 Å². The van der Waals surface area contributed by atoms with E-state index in [1.807, 2.05) is 18.2 Å². The van der Waals surface area contributed by atoms with E-state index in [9.17, 15) is 14.0 Å². The molecule has 2 amide bonds. The van der Waals surface area contributed by atoms with E-state index in [0.717, 1.165) is 25.7 Å². The van der Waals surface area contributed by atoms with E-state index in [-0.39, 0.29) is 36.0 Å². The van der Waals surface area contributed by atoms with Gasteiger partial charge in [-0.1, -0.05) is 48.5 Å². The predicted octanol–water partition coefficient (Wildman–Crippen LogP) is 4.00. The summed E-state index contributed by atoms with van der Waals surface area (Å²) in [7, 11) is 0. The monoisotopic (exact) mass is 396 g/mol. The number of nitrogens with one attached hydrogen (secondary N) is 2. The van der Waals surface area contributed by atoms with Gasteiger partial charge in [0.1, 0.15) is 5.82 Å². The molecule has 0 spiro atoms. The average Bonchev–Trinajstić information content (AvgIpc) is 2.76. The van der Waals surface area contributed by atoms with Crippen molar-refractivity contribution in [2.75, 3.05) is 6.54 Å². The summed E-state index contributed by atoms with van der Waals surface area (Å²) in [4.78, 5) is 24.8. The van der Waals surface area contributed by atoms with Gasteiger partial charge in [0.2, 0.25) is 11.8 Å². The van der Waals surface area contributed by atoms with Crippen molar-refractivity contribution in [2.45, 2.75) is 45.1 Å². The largest absolute Gasteiger partial charge is 0.356 e. The van der Waals surface area contributed by atoms with E-state index in [1.54, 1.807) is 18.2 Å². The number of halogens is 1. The lowest BCUT2D eigenvalue weighted by Gasteiger charge is -2.27. The molecule has 0 heterocycles. The van der Waals surface area contributed by atoms with Crippen LogP contribution >= 0.6 is 0 Å². The van der Waals surface area contributed by atoms with Crippen molar-refractivity contribution >= 4 is 11.8 Å². The third-order valence-corrected chi connectivity index (χ3v) is 5.66. The van der Waals surface area contributed by atoms with Crippen LogP contribution in [0.25, 0.3) is 0 Å². The van der Waals surface area contributed by atoms with Crippen molar-refractivity contribution in [3.05, 3.63) is 71.5 Å². The van der Waals surface area contributed by atoms with Gasteiger partial charge in [0.15, 0.2) is 0 Å². The van der Waals surface area contributed by atoms with E-state index >= 15 is 0 Å². The Kier molecular flexibility index (Phi) is 7.79. The molecule has 0 aromatic heterocycles. The molecule has 1 aliphatic carbocycles. The van der Waals surface area contributed by atoms with E-state index < -0.39 is 0 Å². The van der Waals surface area contributed by atoms with Gasteiger partial charge in [0, 0.05) is 30.5 Å². The minimum Gasteiger partial charge on any atom is -0.356 e. The quantitative estimate of drug-likeness (QED) is 0.663. The molecule has 1 aliphatic rings. The Bertz CT molecular complexity index is 802. The molecule has 0 unspecified atom stereocenters. The smallest absolute Gasteiger partial charge is 0.223 e. The number of amides is 2. The van der Waals surface area contributed by atoms with Gasteiger partial charge in [-0.15, -0.1) is 0 Å². The Morgan fingerprint density at radius 3 is 2.07 bits per heavy atom. The van der Waals surface area contributed by atoms with Crippen LogP contribution in [0.3, 0.4) is 0 Å². The zero-order chi connectivity index (χ0) is 20.5. The summed E-state index contributed by atoms with van der Waals surface area (Å²) in [6.07, 6.45) is 4.72. The van der Waals surface area contributed by atoms with Crippen molar-refractivity contribution < 1.29 is 14.0 Å². The van der Waals surface area contributed by atoms with Crippen LogP contribution in [0, 0.1) is 17.7 Å². The van der Waals surface area contributed by atoms with E-state index in [4.69, 9.17) is 0 Å². The Labute approximate surface area is 171 Å². The summed E-state index contributed by atoms with van der Waals surface area (Å²) < 4.78 is 13.7. The SMILES string of the molecule is O=C(NCCCc1ccccc1)C1CCC(C(=O)NCc2ccccc2F)CC1. The van der Waals surface area contributed by atoms with Crippen LogP contribution in [0.2, 0.25) is 0 Å². The molecule has 154 valence electrons. The molecule has 0 aliphatic heterocycles. The van der Waals surface area contributed by atoms with Gasteiger partial charge in [-0.05, 0) is 50.2 Å². The maximum absolute atomic E-state index is 13.7. The highest BCUT2D eigenvalue weighted by atomic mass is 19.1. The molecule has 0 atom stereocenters. The average molecular weight is 397 g/mol. The molecule has 0 radical (unpaired) electrons. The van der Waals surface area contributed by atoms with Crippen LogP contribution in [-0.2, 0) is 22.6 Å². The molecule has 4 nitrogen and oxygen atoms in total. The zero-order valence-corrected chi connectivity index (χ0v) is 16.7. The maximum atomic E-state index is 13.7. The number of benzene rings is 2. The van der Waals surface area contributed by atoms with E-state index in [1.165, 1.54) is 11.6 Å². The molecule has 3 rings (SSSR count). The highest BCUT2D eigenvalue weighted by Gasteiger charge is 2.29. The lowest BCUT2D eigenvalue weighted by molar-refractivity contribution is -0.130. The predicted molar refractivity (Wildman–Crippen MR) is 111 cm³/mol. The van der Waals surface area contributed by atoms with Crippen LogP contribution in [0.4, 0.5) is 4.39 Å². The lowest BCUT2D eigenvalue weighted by atomic mass is 9.81. The Balaban J connectivity index is 1.33. The van der Waals surface area contributed by atoms with Gasteiger partial charge in [-0.3, -0.25) is 9.59 Å². The fourth-order valence-electron chi connectivity index (χ4n) is 3.88. The van der Waals surface area contributed by atoms with Gasteiger partial charge in [0.05, 0.1) is 0 Å². The fourth-order valence-corrected chi connectivity index (χ4v) is 3.88. The number of aryl methyl sites for hydroxylation is 1. The van der Waals surface area contributed by atoms with Gasteiger partial charge < -0.3 is 10.6 Å². The molecule has 2 aromatic carbocycles. The summed E-state index contributed by atoms with van der Waals surface area (Å²) in [5, 5.41) is 5.87. The van der Waals surface area contributed by atoms with Crippen molar-refractivity contribution in [3.63, 3.8) is 0 Å². The van der Waals surface area contributed by atoms with Crippen molar-refractivity contribution in [3.8, 4) is 0 Å². The Morgan fingerprint density at radius 2 is 1.41 bits per heavy atom. The summed E-state index contributed by atoms with van der Waals surface area (Å²) in [6.45, 7) is 0.879. The molecule has 2 aromatic rings. The molecule has 5 heteroatoms. The highest BCUT2D eigenvalue weighted by molar-refractivity contribution is 5.81. The second-order valence-electron chi connectivity index (χ2n) is 7.74. The Morgan fingerprint density at radius 1 is 0.828 bits per heavy atom. The third-order valence-electron chi connectivity index (χ3n) is 5.66. The van der Waals surface area contributed by atoms with E-state index in [0.29, 0.717) is 24.9 Å². The first-order valence-corrected chi connectivity index (χ1v) is 10.5. The maximum Gasteiger partial charge on any atom is 0.223 e. The second kappa shape index (κ2) is 10.7. The molecule has 1 saturated carbocycles. The molecule has 1 fully saturated rings. The first-order valence-electron chi connectivity index (χ1n) is 10.5. The zero-order valence-electron chi connectivity index (χ0n) is 16.7. The lowest BCUT2D eigenvalue weighted by Crippen LogP contribution is -2.37. The van der Waals surface area contributed by atoms with Crippen LogP contribution in [0.15, 0.2) is 54.6 Å². The summed E-state index contributed by atoms with van der Waals surface area (Å²) in [5.41, 5.74) is 1.77. The van der Waals surface area contributed by atoms with Gasteiger partial charge in [0.25, 0.3) is 0 Å². The topological polar surface area (TPSA) is 58.2 Å². The summed E-state index contributed by atoms with van der Waals surface area (Å²) >= 11 is 0. The van der Waals surface area contributed by atoms with Crippen molar-refractivity contribution in [1.29, 1.82) is 0 Å². The molecule has 2 N–H and O–H groups in total. The summed E-state index contributed by atoms with van der Waals surface area (Å²) in [5.74, 6) is -0.357. The first kappa shape index (κ1) is 21.0. The van der Waals surface area contributed by atoms with Crippen molar-refractivity contribution in [2.24, 2.45) is 11.8 Å². The van der Waals surface area contributed by atoms with Crippen molar-refractivity contribution in [1.82, 2.24) is 10.6 Å². The standard InChI is InChI=1S/C24H29FN2O2/c25-22-11-5-4-10-21(22)17-27-24(29)20-14-12-19(13-15-20)23(28)26-16-6-9-18-7-2-1-3-8-18/h1-5,7-8,10-11,19-20H,6,9,12-17H2,(H,26,28)(H,27,29). The number of carbonyl (C=O) groups is 2. The third kappa shape index (κ3) is 6.41. The molecular weight excluding hydrogens is 367 g/mol. The number of hydrogen-bond acceptors (Lipinski definition) is 2. The normalized spacial score (nSPS) is 18.8. The minimum atomic E-state index is -0.305. The van der Waals surface area contributed by atoms with Crippen LogP contribution in [0.1, 0.15) is 43.2 Å². The molecule has 29 heavy (non-hydrogen) atoms. The minimum absolute atomic E-state index is 0.0117. The van der Waals surface area contributed by atoms with Crippen LogP contribution in [0.5, 0.6) is 0 Å². The van der Waals surface area contributed by atoms with Gasteiger partial charge in [-0.2, -0.15) is 0 Å². The number of hydrogen-bond donors (Lipinski definition) is 2. The first-order chi connectivity index (χ1) is 14.1. The summed E-state index contributed by atoms with van der Waals surface area (Å²) in [6, 6.07) is 16.7. The second-order valence-corrected chi connectivity index (χ2v) is 7.74. The highest BCUT2D eigenvalue weighted by Crippen LogP contribution is 2.29. The van der Waals surface area contributed by atoms with Crippen LogP contribution in [-0.4, -0.2) is 18.4 Å². The van der Waals surface area contributed by atoms with Crippen LogP contribution < -0.4 is 10.6 Å². The van der Waals surface area contributed by atoms with E-state index in [2.05, 4.69) is 22.8 Å². The number of rotatable bonds is 8. The molecule has 0 bridgehead atoms. The van der Waals surface area contributed by atoms with Gasteiger partial charge >= 0.3 is 0 Å². The Hall–Kier alpha value is -2.69. The molecular formula is C24H29FN2O2. The number of carbonyl (C=O) groups excluding carboxylic acids is 2. The fraction of sp³-hybridized carbons (Fsp3) is 0.417. The molecule has 0 saturated heterocycles.